The zero-order valence-electron chi connectivity index (χ0n) is 20.0. The van der Waals surface area contributed by atoms with Crippen LogP contribution in [0.25, 0.3) is 0 Å². The molecule has 0 saturated heterocycles. The van der Waals surface area contributed by atoms with Gasteiger partial charge in [-0.25, -0.2) is 18.4 Å². The van der Waals surface area contributed by atoms with Gasteiger partial charge in [0.1, 0.15) is 28.1 Å². The van der Waals surface area contributed by atoms with E-state index in [1.165, 1.54) is 11.6 Å². The van der Waals surface area contributed by atoms with Crippen molar-refractivity contribution in [2.24, 2.45) is 0 Å². The summed E-state index contributed by atoms with van der Waals surface area (Å²) in [5.41, 5.74) is 3.27. The molecule has 4 rings (SSSR count). The highest BCUT2D eigenvalue weighted by Crippen LogP contribution is 2.30. The van der Waals surface area contributed by atoms with E-state index in [0.29, 0.717) is 40.0 Å². The van der Waals surface area contributed by atoms with Gasteiger partial charge in [-0.2, -0.15) is 0 Å². The molecule has 3 aromatic carbocycles. The lowest BCUT2D eigenvalue weighted by Gasteiger charge is -2.14. The molecular formula is C26H26BrN5O3S. The molecule has 0 fully saturated rings. The molecule has 3 N–H and O–H groups in total. The third-order valence-electron chi connectivity index (χ3n) is 5.07. The summed E-state index contributed by atoms with van der Waals surface area (Å²) in [7, 11) is -3.86. The van der Waals surface area contributed by atoms with Gasteiger partial charge in [-0.05, 0) is 75.4 Å². The molecule has 0 aliphatic carbocycles. The summed E-state index contributed by atoms with van der Waals surface area (Å²) in [6.07, 6.45) is 0. The van der Waals surface area contributed by atoms with Crippen LogP contribution in [0.15, 0.2) is 82.2 Å². The van der Waals surface area contributed by atoms with Gasteiger partial charge in [0.2, 0.25) is 0 Å². The topological polar surface area (TPSA) is 105 Å². The molecule has 186 valence electrons. The lowest BCUT2D eigenvalue weighted by molar-refractivity contribution is 0.331. The number of halogens is 1. The van der Waals surface area contributed by atoms with Crippen LogP contribution in [-0.2, 0) is 10.0 Å². The van der Waals surface area contributed by atoms with Crippen LogP contribution >= 0.6 is 15.9 Å². The Hall–Kier alpha value is -3.63. The highest BCUT2D eigenvalue weighted by molar-refractivity contribution is 9.10. The van der Waals surface area contributed by atoms with Gasteiger partial charge in [0.05, 0.1) is 6.61 Å². The van der Waals surface area contributed by atoms with Crippen molar-refractivity contribution >= 4 is 54.7 Å². The van der Waals surface area contributed by atoms with Crippen molar-refractivity contribution in [3.8, 4) is 5.75 Å². The number of ether oxygens (including phenoxy) is 1. The second kappa shape index (κ2) is 11.0. The van der Waals surface area contributed by atoms with Crippen LogP contribution in [-0.4, -0.2) is 25.0 Å². The summed E-state index contributed by atoms with van der Waals surface area (Å²) in [4.78, 5) is 8.96. The minimum Gasteiger partial charge on any atom is -0.492 e. The first-order chi connectivity index (χ1) is 17.2. The number of anilines is 5. The second-order valence-electron chi connectivity index (χ2n) is 8.01. The van der Waals surface area contributed by atoms with Crippen LogP contribution in [0.3, 0.4) is 0 Å². The molecule has 0 aliphatic rings. The van der Waals surface area contributed by atoms with E-state index in [1.54, 1.807) is 43.3 Å². The number of hydrogen-bond acceptors (Lipinski definition) is 7. The molecule has 0 bridgehead atoms. The van der Waals surface area contributed by atoms with Crippen molar-refractivity contribution in [3.05, 3.63) is 88.7 Å². The number of sulfonamides is 1. The number of aromatic nitrogens is 2. The van der Waals surface area contributed by atoms with Crippen LogP contribution in [0.2, 0.25) is 0 Å². The molecule has 0 unspecified atom stereocenters. The summed E-state index contributed by atoms with van der Waals surface area (Å²) in [5.74, 6) is 2.18. The largest absolute Gasteiger partial charge is 0.492 e. The standard InChI is InChI=1S/C26H26BrN5O3S/c1-4-35-23-14-7-19(27)15-24(23)36(33,34)32-22-12-10-21(11-13-22)31-26-16-25(28-18(3)29-26)30-20-8-5-17(2)6-9-20/h5-16,32H,4H2,1-3H3,(H2,28,29,30,31). The van der Waals surface area contributed by atoms with Crippen molar-refractivity contribution in [2.45, 2.75) is 25.7 Å². The molecule has 0 amide bonds. The fraction of sp³-hybridized carbons (Fsp3) is 0.154. The van der Waals surface area contributed by atoms with Crippen LogP contribution in [0.4, 0.5) is 28.7 Å². The summed E-state index contributed by atoms with van der Waals surface area (Å²) in [6.45, 7) is 6.02. The number of rotatable bonds is 9. The summed E-state index contributed by atoms with van der Waals surface area (Å²) in [5, 5.41) is 6.53. The smallest absolute Gasteiger partial charge is 0.265 e. The minimum absolute atomic E-state index is 0.0611. The van der Waals surface area contributed by atoms with Crippen LogP contribution in [0, 0.1) is 13.8 Å². The van der Waals surface area contributed by atoms with E-state index in [4.69, 9.17) is 4.74 Å². The van der Waals surface area contributed by atoms with Crippen molar-refractivity contribution in [1.29, 1.82) is 0 Å². The molecule has 0 saturated carbocycles. The molecule has 0 atom stereocenters. The SMILES string of the molecule is CCOc1ccc(Br)cc1S(=O)(=O)Nc1ccc(Nc2cc(Nc3ccc(C)cc3)nc(C)n2)cc1. The van der Waals surface area contributed by atoms with Gasteiger partial charge in [-0.1, -0.05) is 33.6 Å². The normalized spacial score (nSPS) is 11.1. The lowest BCUT2D eigenvalue weighted by Crippen LogP contribution is -2.14. The maximum atomic E-state index is 13.0. The monoisotopic (exact) mass is 567 g/mol. The highest BCUT2D eigenvalue weighted by atomic mass is 79.9. The quantitative estimate of drug-likeness (QED) is 0.211. The molecular weight excluding hydrogens is 542 g/mol. The van der Waals surface area contributed by atoms with E-state index < -0.39 is 10.0 Å². The Bertz CT molecular complexity index is 1460. The van der Waals surface area contributed by atoms with Gasteiger partial charge < -0.3 is 15.4 Å². The second-order valence-corrected chi connectivity index (χ2v) is 10.6. The Morgan fingerprint density at radius 2 is 1.36 bits per heavy atom. The molecule has 36 heavy (non-hydrogen) atoms. The average Bonchev–Trinajstić information content (AvgIpc) is 2.82. The molecule has 8 nitrogen and oxygen atoms in total. The summed E-state index contributed by atoms with van der Waals surface area (Å²) in [6, 6.07) is 21.6. The van der Waals surface area contributed by atoms with Crippen LogP contribution in [0.5, 0.6) is 5.75 Å². The average molecular weight is 568 g/mol. The van der Waals surface area contributed by atoms with Gasteiger partial charge in [-0.15, -0.1) is 0 Å². The van der Waals surface area contributed by atoms with E-state index >= 15 is 0 Å². The van der Waals surface area contributed by atoms with E-state index in [-0.39, 0.29) is 4.90 Å². The van der Waals surface area contributed by atoms with Gasteiger partial charge in [0.15, 0.2) is 0 Å². The maximum absolute atomic E-state index is 13.0. The number of nitrogens with one attached hydrogen (secondary N) is 3. The molecule has 0 spiro atoms. The molecule has 0 aliphatic heterocycles. The molecule has 4 aromatic rings. The fourth-order valence-electron chi connectivity index (χ4n) is 3.43. The van der Waals surface area contributed by atoms with E-state index in [2.05, 4.69) is 41.3 Å². The number of aryl methyl sites for hydroxylation is 2. The zero-order chi connectivity index (χ0) is 25.7. The Morgan fingerprint density at radius 3 is 1.94 bits per heavy atom. The Morgan fingerprint density at radius 1 is 0.806 bits per heavy atom. The van der Waals surface area contributed by atoms with Gasteiger partial charge >= 0.3 is 0 Å². The van der Waals surface area contributed by atoms with Crippen LogP contribution < -0.4 is 20.1 Å². The van der Waals surface area contributed by atoms with E-state index in [9.17, 15) is 8.42 Å². The lowest BCUT2D eigenvalue weighted by atomic mass is 10.2. The van der Waals surface area contributed by atoms with E-state index in [1.807, 2.05) is 44.2 Å². The van der Waals surface area contributed by atoms with Crippen molar-refractivity contribution in [1.82, 2.24) is 9.97 Å². The first-order valence-corrected chi connectivity index (χ1v) is 13.5. The Balaban J connectivity index is 1.48. The predicted molar refractivity (Wildman–Crippen MR) is 147 cm³/mol. The van der Waals surface area contributed by atoms with E-state index in [0.717, 1.165) is 11.4 Å². The zero-order valence-corrected chi connectivity index (χ0v) is 22.4. The minimum atomic E-state index is -3.86. The number of nitrogens with zero attached hydrogens (tertiary/aromatic N) is 2. The highest BCUT2D eigenvalue weighted by Gasteiger charge is 2.20. The van der Waals surface area contributed by atoms with Gasteiger partial charge in [0.25, 0.3) is 10.0 Å². The summed E-state index contributed by atoms with van der Waals surface area (Å²) < 4.78 is 34.8. The first kappa shape index (κ1) is 25.5. The number of benzene rings is 3. The predicted octanol–water partition coefficient (Wildman–Crippen LogP) is 6.54. The Labute approximate surface area is 219 Å². The van der Waals surface area contributed by atoms with Crippen molar-refractivity contribution < 1.29 is 13.2 Å². The third-order valence-corrected chi connectivity index (χ3v) is 6.96. The molecule has 10 heteroatoms. The van der Waals surface area contributed by atoms with Crippen LogP contribution in [0.1, 0.15) is 18.3 Å². The molecule has 1 aromatic heterocycles. The van der Waals surface area contributed by atoms with Gasteiger partial charge in [0, 0.05) is 27.6 Å². The van der Waals surface area contributed by atoms with Crippen molar-refractivity contribution in [2.75, 3.05) is 22.0 Å². The Kier molecular flexibility index (Phi) is 7.76. The maximum Gasteiger partial charge on any atom is 0.265 e. The van der Waals surface area contributed by atoms with Crippen molar-refractivity contribution in [3.63, 3.8) is 0 Å². The molecule has 1 heterocycles. The number of hydrogen-bond donors (Lipinski definition) is 3. The molecule has 0 radical (unpaired) electrons. The van der Waals surface area contributed by atoms with Gasteiger partial charge in [-0.3, -0.25) is 4.72 Å². The third kappa shape index (κ3) is 6.52. The fourth-order valence-corrected chi connectivity index (χ4v) is 5.17. The summed E-state index contributed by atoms with van der Waals surface area (Å²) >= 11 is 3.33. The first-order valence-electron chi connectivity index (χ1n) is 11.2.